The molecule has 1 saturated heterocycles. The van der Waals surface area contributed by atoms with Crippen LogP contribution in [0.4, 0.5) is 0 Å². The zero-order chi connectivity index (χ0) is 12.3. The maximum Gasteiger partial charge on any atom is 0.105 e. The van der Waals surface area contributed by atoms with E-state index in [4.69, 9.17) is 4.42 Å². The Kier molecular flexibility index (Phi) is 3.89. The summed E-state index contributed by atoms with van der Waals surface area (Å²) in [5.74, 6) is 1.09. The molecule has 1 aliphatic heterocycles. The smallest absolute Gasteiger partial charge is 0.105 e. The van der Waals surface area contributed by atoms with Gasteiger partial charge in [-0.25, -0.2) is 0 Å². The maximum absolute atomic E-state index is 5.44. The van der Waals surface area contributed by atoms with Crippen LogP contribution >= 0.6 is 0 Å². The average molecular weight is 236 g/mol. The van der Waals surface area contributed by atoms with Crippen LogP contribution < -0.4 is 5.32 Å². The van der Waals surface area contributed by atoms with Gasteiger partial charge in [0.1, 0.15) is 5.76 Å². The largest absolute Gasteiger partial charge is 0.469 e. The molecule has 0 spiro atoms. The summed E-state index contributed by atoms with van der Waals surface area (Å²) in [6, 6.07) is 4.58. The van der Waals surface area contributed by atoms with E-state index in [0.29, 0.717) is 6.04 Å². The van der Waals surface area contributed by atoms with Crippen molar-refractivity contribution in [3.05, 3.63) is 24.2 Å². The Hall–Kier alpha value is -0.800. The molecule has 17 heavy (non-hydrogen) atoms. The molecule has 96 valence electrons. The van der Waals surface area contributed by atoms with E-state index in [2.05, 4.69) is 37.1 Å². The standard InChI is InChI=1S/C14H24N2O/c1-12(10-13-6-4-9-17-13)16-8-5-7-15-14(2,3)11-16/h4,6,9,12,15H,5,7-8,10-11H2,1-3H3. The van der Waals surface area contributed by atoms with Gasteiger partial charge in [-0.3, -0.25) is 4.90 Å². The highest BCUT2D eigenvalue weighted by Gasteiger charge is 2.26. The van der Waals surface area contributed by atoms with Crippen LogP contribution in [0.3, 0.4) is 0 Å². The Bertz CT molecular complexity index is 332. The highest BCUT2D eigenvalue weighted by Crippen LogP contribution is 2.16. The lowest BCUT2D eigenvalue weighted by Crippen LogP contribution is -2.48. The summed E-state index contributed by atoms with van der Waals surface area (Å²) in [5.41, 5.74) is 0.216. The fourth-order valence-electron chi connectivity index (χ4n) is 2.58. The molecular weight excluding hydrogens is 212 g/mol. The van der Waals surface area contributed by atoms with Crippen molar-refractivity contribution in [3.8, 4) is 0 Å². The summed E-state index contributed by atoms with van der Waals surface area (Å²) < 4.78 is 5.44. The van der Waals surface area contributed by atoms with E-state index < -0.39 is 0 Å². The van der Waals surface area contributed by atoms with E-state index in [1.165, 1.54) is 13.0 Å². The van der Waals surface area contributed by atoms with Crippen LogP contribution in [0.25, 0.3) is 0 Å². The predicted molar refractivity (Wildman–Crippen MR) is 70.1 cm³/mol. The Balaban J connectivity index is 1.95. The van der Waals surface area contributed by atoms with Crippen molar-refractivity contribution in [2.75, 3.05) is 19.6 Å². The number of nitrogens with zero attached hydrogens (tertiary/aromatic N) is 1. The van der Waals surface area contributed by atoms with Gasteiger partial charge in [-0.2, -0.15) is 0 Å². The van der Waals surface area contributed by atoms with Crippen LogP contribution in [-0.2, 0) is 6.42 Å². The molecule has 0 radical (unpaired) electrons. The van der Waals surface area contributed by atoms with Crippen molar-refractivity contribution in [3.63, 3.8) is 0 Å². The zero-order valence-electron chi connectivity index (χ0n) is 11.2. The van der Waals surface area contributed by atoms with Gasteiger partial charge in [-0.05, 0) is 52.4 Å². The van der Waals surface area contributed by atoms with Crippen LogP contribution in [-0.4, -0.2) is 36.1 Å². The summed E-state index contributed by atoms with van der Waals surface area (Å²) in [6.07, 6.45) is 3.99. The first-order valence-electron chi connectivity index (χ1n) is 6.58. The van der Waals surface area contributed by atoms with Crippen molar-refractivity contribution < 1.29 is 4.42 Å². The summed E-state index contributed by atoms with van der Waals surface area (Å²) in [4.78, 5) is 2.57. The van der Waals surface area contributed by atoms with E-state index >= 15 is 0 Å². The molecule has 1 N–H and O–H groups in total. The molecule has 1 unspecified atom stereocenters. The minimum atomic E-state index is 0.216. The lowest BCUT2D eigenvalue weighted by molar-refractivity contribution is 0.173. The first-order chi connectivity index (χ1) is 8.07. The average Bonchev–Trinajstić information content (AvgIpc) is 2.68. The van der Waals surface area contributed by atoms with Crippen molar-refractivity contribution >= 4 is 0 Å². The minimum Gasteiger partial charge on any atom is -0.469 e. The van der Waals surface area contributed by atoms with Crippen LogP contribution in [0.1, 0.15) is 33.0 Å². The lowest BCUT2D eigenvalue weighted by Gasteiger charge is -2.33. The van der Waals surface area contributed by atoms with Crippen molar-refractivity contribution in [2.45, 2.75) is 45.2 Å². The molecule has 1 aromatic rings. The summed E-state index contributed by atoms with van der Waals surface area (Å²) in [6.45, 7) is 10.3. The van der Waals surface area contributed by atoms with Gasteiger partial charge >= 0.3 is 0 Å². The zero-order valence-corrected chi connectivity index (χ0v) is 11.2. The monoisotopic (exact) mass is 236 g/mol. The molecule has 2 heterocycles. The Labute approximate surface area is 104 Å². The molecule has 0 aliphatic carbocycles. The molecule has 1 atom stereocenters. The molecule has 3 nitrogen and oxygen atoms in total. The van der Waals surface area contributed by atoms with E-state index in [1.54, 1.807) is 6.26 Å². The van der Waals surface area contributed by atoms with E-state index in [1.807, 2.05) is 6.07 Å². The van der Waals surface area contributed by atoms with E-state index in [9.17, 15) is 0 Å². The summed E-state index contributed by atoms with van der Waals surface area (Å²) >= 11 is 0. The van der Waals surface area contributed by atoms with Crippen LogP contribution in [0.2, 0.25) is 0 Å². The Morgan fingerprint density at radius 1 is 1.53 bits per heavy atom. The highest BCUT2D eigenvalue weighted by molar-refractivity contribution is 5.01. The fourth-order valence-corrected chi connectivity index (χ4v) is 2.58. The van der Waals surface area contributed by atoms with Gasteiger partial charge in [0.15, 0.2) is 0 Å². The van der Waals surface area contributed by atoms with Gasteiger partial charge in [0.2, 0.25) is 0 Å². The SMILES string of the molecule is CC(Cc1ccco1)N1CCCNC(C)(C)C1. The second-order valence-corrected chi connectivity index (χ2v) is 5.77. The van der Waals surface area contributed by atoms with E-state index in [0.717, 1.165) is 25.3 Å². The molecule has 1 aliphatic rings. The number of hydrogen-bond donors (Lipinski definition) is 1. The third kappa shape index (κ3) is 3.58. The molecule has 0 saturated carbocycles. The molecule has 0 bridgehead atoms. The third-order valence-corrected chi connectivity index (χ3v) is 3.52. The number of rotatable bonds is 3. The minimum absolute atomic E-state index is 0.216. The summed E-state index contributed by atoms with van der Waals surface area (Å²) in [7, 11) is 0. The number of hydrogen-bond acceptors (Lipinski definition) is 3. The molecular formula is C14H24N2O. The first kappa shape index (κ1) is 12.7. The van der Waals surface area contributed by atoms with Gasteiger partial charge in [-0.1, -0.05) is 0 Å². The summed E-state index contributed by atoms with van der Waals surface area (Å²) in [5, 5.41) is 3.60. The second kappa shape index (κ2) is 5.23. The molecule has 3 heteroatoms. The predicted octanol–water partition coefficient (Wildman–Crippen LogP) is 2.28. The molecule has 1 aromatic heterocycles. The van der Waals surface area contributed by atoms with Crippen LogP contribution in [0.15, 0.2) is 22.8 Å². The third-order valence-electron chi connectivity index (χ3n) is 3.52. The van der Waals surface area contributed by atoms with Crippen molar-refractivity contribution in [1.29, 1.82) is 0 Å². The van der Waals surface area contributed by atoms with Gasteiger partial charge in [0.05, 0.1) is 6.26 Å². The number of nitrogens with one attached hydrogen (secondary N) is 1. The maximum atomic E-state index is 5.44. The first-order valence-corrected chi connectivity index (χ1v) is 6.58. The highest BCUT2D eigenvalue weighted by atomic mass is 16.3. The molecule has 0 amide bonds. The normalized spacial score (nSPS) is 23.2. The molecule has 1 fully saturated rings. The van der Waals surface area contributed by atoms with Gasteiger partial charge < -0.3 is 9.73 Å². The van der Waals surface area contributed by atoms with E-state index in [-0.39, 0.29) is 5.54 Å². The second-order valence-electron chi connectivity index (χ2n) is 5.77. The van der Waals surface area contributed by atoms with Crippen LogP contribution in [0, 0.1) is 0 Å². The topological polar surface area (TPSA) is 28.4 Å². The van der Waals surface area contributed by atoms with Crippen LogP contribution in [0.5, 0.6) is 0 Å². The molecule has 2 rings (SSSR count). The van der Waals surface area contributed by atoms with Gasteiger partial charge in [-0.15, -0.1) is 0 Å². The van der Waals surface area contributed by atoms with Gasteiger partial charge in [0.25, 0.3) is 0 Å². The Morgan fingerprint density at radius 2 is 2.35 bits per heavy atom. The Morgan fingerprint density at radius 3 is 3.06 bits per heavy atom. The number of furan rings is 1. The fraction of sp³-hybridized carbons (Fsp3) is 0.714. The van der Waals surface area contributed by atoms with Crippen molar-refractivity contribution in [2.24, 2.45) is 0 Å². The van der Waals surface area contributed by atoms with Gasteiger partial charge in [0, 0.05) is 24.5 Å². The van der Waals surface area contributed by atoms with Crippen molar-refractivity contribution in [1.82, 2.24) is 10.2 Å². The quantitative estimate of drug-likeness (QED) is 0.873. The lowest BCUT2D eigenvalue weighted by atomic mass is 10.0. The molecule has 0 aromatic carbocycles.